The van der Waals surface area contributed by atoms with Crippen LogP contribution in [-0.2, 0) is 5.92 Å². The normalized spacial score (nSPS) is 12.6. The molecule has 0 amide bonds. The summed E-state index contributed by atoms with van der Waals surface area (Å²) in [5, 5.41) is 0. The minimum absolute atomic E-state index is 0.0660. The van der Waals surface area contributed by atoms with Gasteiger partial charge in [0.15, 0.2) is 0 Å². The highest BCUT2D eigenvalue weighted by Gasteiger charge is 2.37. The second kappa shape index (κ2) is 4.90. The van der Waals surface area contributed by atoms with Crippen LogP contribution in [0.25, 0.3) is 0 Å². The smallest absolute Gasteiger partial charge is 0.275 e. The quantitative estimate of drug-likeness (QED) is 0.921. The Kier molecular flexibility index (Phi) is 4.15. The van der Waals surface area contributed by atoms with Crippen LogP contribution < -0.4 is 10.5 Å². The molecule has 96 valence electrons. The Bertz CT molecular complexity index is 402. The molecule has 0 heterocycles. The summed E-state index contributed by atoms with van der Waals surface area (Å²) in [7, 11) is 1.49. The molecular formula is C12H16BrF2NO. The van der Waals surface area contributed by atoms with Crippen molar-refractivity contribution < 1.29 is 13.5 Å². The van der Waals surface area contributed by atoms with E-state index in [0.717, 1.165) is 0 Å². The third-order valence-electron chi connectivity index (χ3n) is 2.25. The van der Waals surface area contributed by atoms with Crippen LogP contribution in [0.3, 0.4) is 0 Å². The van der Waals surface area contributed by atoms with Gasteiger partial charge >= 0.3 is 0 Å². The maximum absolute atomic E-state index is 13.9. The Labute approximate surface area is 108 Å². The molecule has 0 fully saturated rings. The second-order valence-corrected chi connectivity index (χ2v) is 5.57. The van der Waals surface area contributed by atoms with Gasteiger partial charge in [-0.3, -0.25) is 0 Å². The summed E-state index contributed by atoms with van der Waals surface area (Å²) in [6.45, 7) is 3.17. The molecular weight excluding hydrogens is 292 g/mol. The first-order valence-electron chi connectivity index (χ1n) is 5.16. The van der Waals surface area contributed by atoms with Crippen molar-refractivity contribution in [2.45, 2.75) is 31.7 Å². The lowest BCUT2D eigenvalue weighted by molar-refractivity contribution is -0.0296. The largest absolute Gasteiger partial charge is 0.496 e. The van der Waals surface area contributed by atoms with Crippen LogP contribution in [0.4, 0.5) is 8.78 Å². The van der Waals surface area contributed by atoms with E-state index in [-0.39, 0.29) is 5.56 Å². The van der Waals surface area contributed by atoms with Crippen molar-refractivity contribution >= 4 is 15.9 Å². The van der Waals surface area contributed by atoms with E-state index in [2.05, 4.69) is 15.9 Å². The van der Waals surface area contributed by atoms with Crippen LogP contribution in [0, 0.1) is 0 Å². The Morgan fingerprint density at radius 1 is 1.35 bits per heavy atom. The molecule has 0 aliphatic rings. The molecule has 1 rings (SSSR count). The molecule has 1 aromatic carbocycles. The summed E-state index contributed by atoms with van der Waals surface area (Å²) >= 11 is 3.19. The zero-order chi connectivity index (χ0) is 13.3. The molecule has 0 unspecified atom stereocenters. The molecule has 17 heavy (non-hydrogen) atoms. The topological polar surface area (TPSA) is 35.2 Å². The number of alkyl halides is 2. The standard InChI is InChI=1S/C12H16BrF2NO/c1-11(2,16)7-12(14,15)8-4-5-10(17-3)9(13)6-8/h4-6H,7,16H2,1-3H3. The predicted molar refractivity (Wildman–Crippen MR) is 67.5 cm³/mol. The van der Waals surface area contributed by atoms with Gasteiger partial charge in [0.25, 0.3) is 5.92 Å². The van der Waals surface area contributed by atoms with E-state index < -0.39 is 17.9 Å². The zero-order valence-corrected chi connectivity index (χ0v) is 11.6. The van der Waals surface area contributed by atoms with E-state index in [9.17, 15) is 8.78 Å². The van der Waals surface area contributed by atoms with Crippen molar-refractivity contribution in [3.8, 4) is 5.75 Å². The van der Waals surface area contributed by atoms with Gasteiger partial charge in [0.1, 0.15) is 5.75 Å². The van der Waals surface area contributed by atoms with Crippen molar-refractivity contribution in [1.29, 1.82) is 0 Å². The number of benzene rings is 1. The van der Waals surface area contributed by atoms with Gasteiger partial charge in [0.05, 0.1) is 11.6 Å². The van der Waals surface area contributed by atoms with E-state index in [0.29, 0.717) is 10.2 Å². The fraction of sp³-hybridized carbons (Fsp3) is 0.500. The molecule has 0 aromatic heterocycles. The molecule has 1 aromatic rings. The zero-order valence-electron chi connectivity index (χ0n) is 10.1. The van der Waals surface area contributed by atoms with E-state index in [1.165, 1.54) is 25.3 Å². The number of nitrogens with two attached hydrogens (primary N) is 1. The third kappa shape index (κ3) is 3.92. The number of halogens is 3. The van der Waals surface area contributed by atoms with Gasteiger partial charge in [-0.15, -0.1) is 0 Å². The molecule has 0 aliphatic carbocycles. The lowest BCUT2D eigenvalue weighted by atomic mass is 9.93. The summed E-state index contributed by atoms with van der Waals surface area (Å²) in [5.74, 6) is -2.43. The maximum Gasteiger partial charge on any atom is 0.275 e. The highest BCUT2D eigenvalue weighted by molar-refractivity contribution is 9.10. The number of rotatable bonds is 4. The molecule has 5 heteroatoms. The number of hydrogen-bond acceptors (Lipinski definition) is 2. The van der Waals surface area contributed by atoms with Crippen LogP contribution in [0.2, 0.25) is 0 Å². The SMILES string of the molecule is COc1ccc(C(F)(F)CC(C)(C)N)cc1Br. The molecule has 0 spiro atoms. The highest BCUT2D eigenvalue weighted by Crippen LogP contribution is 2.38. The Hall–Kier alpha value is -0.680. The first-order valence-corrected chi connectivity index (χ1v) is 5.96. The average Bonchev–Trinajstić information content (AvgIpc) is 2.13. The minimum atomic E-state index is -2.95. The lowest BCUT2D eigenvalue weighted by Gasteiger charge is -2.26. The molecule has 0 radical (unpaired) electrons. The van der Waals surface area contributed by atoms with Crippen molar-refractivity contribution in [2.75, 3.05) is 7.11 Å². The van der Waals surface area contributed by atoms with Crippen LogP contribution >= 0.6 is 15.9 Å². The molecule has 0 bridgehead atoms. The van der Waals surface area contributed by atoms with Crippen molar-refractivity contribution in [1.82, 2.24) is 0 Å². The number of methoxy groups -OCH3 is 1. The fourth-order valence-corrected chi connectivity index (χ4v) is 2.11. The Morgan fingerprint density at radius 2 is 1.94 bits per heavy atom. The molecule has 0 atom stereocenters. The Morgan fingerprint density at radius 3 is 2.35 bits per heavy atom. The monoisotopic (exact) mass is 307 g/mol. The van der Waals surface area contributed by atoms with Gasteiger partial charge in [0, 0.05) is 17.5 Å². The minimum Gasteiger partial charge on any atom is -0.496 e. The lowest BCUT2D eigenvalue weighted by Crippen LogP contribution is -2.38. The molecule has 2 nitrogen and oxygen atoms in total. The molecule has 0 saturated carbocycles. The highest BCUT2D eigenvalue weighted by atomic mass is 79.9. The van der Waals surface area contributed by atoms with Gasteiger partial charge in [-0.25, -0.2) is 8.78 Å². The molecule has 2 N–H and O–H groups in total. The van der Waals surface area contributed by atoms with Gasteiger partial charge < -0.3 is 10.5 Å². The van der Waals surface area contributed by atoms with Gasteiger partial charge in [0.2, 0.25) is 0 Å². The van der Waals surface area contributed by atoms with Crippen LogP contribution in [0.1, 0.15) is 25.8 Å². The summed E-state index contributed by atoms with van der Waals surface area (Å²) in [6.07, 6.45) is -0.404. The third-order valence-corrected chi connectivity index (χ3v) is 2.87. The summed E-state index contributed by atoms with van der Waals surface area (Å²) in [5.41, 5.74) is 4.65. The summed E-state index contributed by atoms with van der Waals surface area (Å²) in [4.78, 5) is 0. The second-order valence-electron chi connectivity index (χ2n) is 4.72. The van der Waals surface area contributed by atoms with Crippen LogP contribution in [0.15, 0.2) is 22.7 Å². The van der Waals surface area contributed by atoms with Crippen molar-refractivity contribution in [2.24, 2.45) is 5.73 Å². The van der Waals surface area contributed by atoms with Crippen molar-refractivity contribution in [3.05, 3.63) is 28.2 Å². The van der Waals surface area contributed by atoms with Crippen LogP contribution in [0.5, 0.6) is 5.75 Å². The van der Waals surface area contributed by atoms with Crippen LogP contribution in [-0.4, -0.2) is 12.6 Å². The Balaban J connectivity index is 3.03. The number of hydrogen-bond donors (Lipinski definition) is 1. The fourth-order valence-electron chi connectivity index (χ4n) is 1.57. The summed E-state index contributed by atoms with van der Waals surface area (Å²) in [6, 6.07) is 4.23. The predicted octanol–water partition coefficient (Wildman–Crippen LogP) is 3.68. The first-order chi connectivity index (χ1) is 7.65. The van der Waals surface area contributed by atoms with E-state index in [4.69, 9.17) is 10.5 Å². The van der Waals surface area contributed by atoms with E-state index >= 15 is 0 Å². The van der Waals surface area contributed by atoms with Gasteiger partial charge in [-0.1, -0.05) is 0 Å². The number of ether oxygens (including phenoxy) is 1. The molecule has 0 aliphatic heterocycles. The molecule has 0 saturated heterocycles. The van der Waals surface area contributed by atoms with Gasteiger partial charge in [-0.2, -0.15) is 0 Å². The average molecular weight is 308 g/mol. The van der Waals surface area contributed by atoms with Gasteiger partial charge in [-0.05, 0) is 48.0 Å². The maximum atomic E-state index is 13.9. The van der Waals surface area contributed by atoms with Crippen molar-refractivity contribution in [3.63, 3.8) is 0 Å². The first kappa shape index (κ1) is 14.4. The van der Waals surface area contributed by atoms with E-state index in [1.807, 2.05) is 0 Å². The summed E-state index contributed by atoms with van der Waals surface area (Å²) < 4.78 is 33.4. The van der Waals surface area contributed by atoms with E-state index in [1.54, 1.807) is 13.8 Å².